The summed E-state index contributed by atoms with van der Waals surface area (Å²) in [5.41, 5.74) is 0.772. The molecule has 1 heterocycles. The van der Waals surface area contributed by atoms with Gasteiger partial charge < -0.3 is 10.1 Å². The molecule has 0 aliphatic heterocycles. The number of allylic oxidation sites excluding steroid dienone is 1. The summed E-state index contributed by atoms with van der Waals surface area (Å²) in [5.74, 6) is 0.829. The average molecular weight is 463 g/mol. The molecule has 1 aromatic heterocycles. The molecule has 8 heteroatoms. The van der Waals surface area contributed by atoms with Gasteiger partial charge in [0.25, 0.3) is 0 Å². The third-order valence-corrected chi connectivity index (χ3v) is 5.91. The number of nitrogens with one attached hydrogen (secondary N) is 1. The first kappa shape index (κ1) is 22.5. The van der Waals surface area contributed by atoms with E-state index in [4.69, 9.17) is 4.74 Å². The average Bonchev–Trinajstić information content (AvgIpc) is 3.22. The molecule has 0 aliphatic carbocycles. The van der Waals surface area contributed by atoms with Crippen LogP contribution in [0.4, 0.5) is 10.1 Å². The minimum absolute atomic E-state index is 0.137. The second-order valence-electron chi connectivity index (χ2n) is 7.32. The Morgan fingerprint density at radius 2 is 1.91 bits per heavy atom. The van der Waals surface area contributed by atoms with Crippen molar-refractivity contribution in [2.75, 3.05) is 11.1 Å². The first-order valence-corrected chi connectivity index (χ1v) is 11.4. The van der Waals surface area contributed by atoms with Gasteiger partial charge in [-0.15, -0.1) is 16.8 Å². The van der Waals surface area contributed by atoms with Crippen molar-refractivity contribution in [3.05, 3.63) is 91.0 Å². The van der Waals surface area contributed by atoms with E-state index in [9.17, 15) is 9.18 Å². The number of hydrogen-bond acceptors (Lipinski definition) is 5. The highest BCUT2D eigenvalue weighted by Crippen LogP contribution is 2.26. The van der Waals surface area contributed by atoms with Crippen LogP contribution in [0.5, 0.6) is 5.75 Å². The highest BCUT2D eigenvalue weighted by atomic mass is 32.2. The molecule has 3 aromatic carbocycles. The fraction of sp³-hybridized carbons (Fsp3) is 0.160. The Morgan fingerprint density at radius 1 is 1.15 bits per heavy atom. The molecule has 1 unspecified atom stereocenters. The number of fused-ring (bicyclic) bond motifs is 1. The van der Waals surface area contributed by atoms with Crippen molar-refractivity contribution >= 4 is 34.1 Å². The summed E-state index contributed by atoms with van der Waals surface area (Å²) in [4.78, 5) is 12.6. The number of thioether (sulfide) groups is 1. The van der Waals surface area contributed by atoms with Crippen LogP contribution in [0.15, 0.2) is 84.5 Å². The summed E-state index contributed by atoms with van der Waals surface area (Å²) in [6.45, 7) is 6.11. The molecule has 0 saturated heterocycles. The van der Waals surface area contributed by atoms with Crippen molar-refractivity contribution in [1.29, 1.82) is 0 Å². The number of benzene rings is 3. The summed E-state index contributed by atoms with van der Waals surface area (Å²) in [7, 11) is 0. The lowest BCUT2D eigenvalue weighted by Crippen LogP contribution is -2.15. The van der Waals surface area contributed by atoms with Crippen LogP contribution in [0.2, 0.25) is 0 Å². The normalized spacial score (nSPS) is 11.8. The van der Waals surface area contributed by atoms with Crippen molar-refractivity contribution < 1.29 is 13.9 Å². The summed E-state index contributed by atoms with van der Waals surface area (Å²) in [5, 5.41) is 14.1. The van der Waals surface area contributed by atoms with E-state index in [1.165, 1.54) is 23.9 Å². The van der Waals surface area contributed by atoms with Crippen LogP contribution in [-0.2, 0) is 11.3 Å². The predicted molar refractivity (Wildman–Crippen MR) is 129 cm³/mol. The Kier molecular flexibility index (Phi) is 7.04. The van der Waals surface area contributed by atoms with E-state index in [2.05, 4.69) is 22.1 Å². The molecule has 1 atom stereocenters. The molecule has 0 spiro atoms. The van der Waals surface area contributed by atoms with Crippen LogP contribution in [0.25, 0.3) is 10.8 Å². The van der Waals surface area contributed by atoms with Crippen LogP contribution < -0.4 is 10.1 Å². The number of hydrogen-bond donors (Lipinski definition) is 1. The summed E-state index contributed by atoms with van der Waals surface area (Å²) in [6.07, 6.45) is 1.30. The third-order valence-electron chi connectivity index (χ3n) is 4.94. The summed E-state index contributed by atoms with van der Waals surface area (Å²) < 4.78 is 20.9. The lowest BCUT2D eigenvalue weighted by atomic mass is 10.1. The van der Waals surface area contributed by atoms with Gasteiger partial charge in [-0.1, -0.05) is 54.2 Å². The van der Waals surface area contributed by atoms with E-state index in [1.807, 2.05) is 54.0 Å². The highest BCUT2D eigenvalue weighted by molar-refractivity contribution is 7.99. The van der Waals surface area contributed by atoms with E-state index in [0.717, 1.165) is 16.5 Å². The van der Waals surface area contributed by atoms with Crippen LogP contribution in [0.1, 0.15) is 18.9 Å². The molecule has 6 nitrogen and oxygen atoms in total. The van der Waals surface area contributed by atoms with E-state index in [1.54, 1.807) is 18.2 Å². The molecule has 4 aromatic rings. The lowest BCUT2D eigenvalue weighted by molar-refractivity contribution is -0.113. The van der Waals surface area contributed by atoms with Gasteiger partial charge in [0.05, 0.1) is 5.75 Å². The van der Waals surface area contributed by atoms with E-state index in [0.29, 0.717) is 23.3 Å². The number of anilines is 1. The van der Waals surface area contributed by atoms with Gasteiger partial charge in [0.1, 0.15) is 11.6 Å². The Hall–Kier alpha value is -3.65. The van der Waals surface area contributed by atoms with Crippen molar-refractivity contribution in [3.63, 3.8) is 0 Å². The first-order chi connectivity index (χ1) is 16.0. The van der Waals surface area contributed by atoms with E-state index >= 15 is 0 Å². The third kappa shape index (κ3) is 5.40. The Morgan fingerprint density at radius 3 is 2.70 bits per heavy atom. The van der Waals surface area contributed by atoms with E-state index < -0.39 is 6.10 Å². The Bertz CT molecular complexity index is 1270. The predicted octanol–water partition coefficient (Wildman–Crippen LogP) is 5.63. The number of rotatable bonds is 9. The van der Waals surface area contributed by atoms with Gasteiger partial charge in [0.15, 0.2) is 17.1 Å². The molecule has 0 saturated carbocycles. The maximum absolute atomic E-state index is 13.2. The monoisotopic (exact) mass is 462 g/mol. The first-order valence-electron chi connectivity index (χ1n) is 10.4. The number of aromatic nitrogens is 3. The Balaban J connectivity index is 1.44. The highest BCUT2D eigenvalue weighted by Gasteiger charge is 2.20. The van der Waals surface area contributed by atoms with Crippen molar-refractivity contribution in [2.24, 2.45) is 0 Å². The van der Waals surface area contributed by atoms with Crippen LogP contribution in [0.3, 0.4) is 0 Å². The number of halogens is 1. The molecule has 0 fully saturated rings. The molecule has 0 aliphatic rings. The maximum Gasteiger partial charge on any atom is 0.234 e. The molecule has 33 heavy (non-hydrogen) atoms. The number of ether oxygens (including phenoxy) is 1. The van der Waals surface area contributed by atoms with Gasteiger partial charge in [0.2, 0.25) is 5.91 Å². The minimum Gasteiger partial charge on any atom is -0.483 e. The smallest absolute Gasteiger partial charge is 0.234 e. The van der Waals surface area contributed by atoms with Crippen LogP contribution in [-0.4, -0.2) is 26.4 Å². The zero-order valence-corrected chi connectivity index (χ0v) is 18.9. The van der Waals surface area contributed by atoms with Crippen molar-refractivity contribution in [1.82, 2.24) is 14.8 Å². The zero-order chi connectivity index (χ0) is 23.2. The van der Waals surface area contributed by atoms with Crippen molar-refractivity contribution in [2.45, 2.75) is 24.7 Å². The molecule has 1 amide bonds. The van der Waals surface area contributed by atoms with Crippen LogP contribution >= 0.6 is 11.8 Å². The zero-order valence-electron chi connectivity index (χ0n) is 18.1. The number of carbonyl (C=O) groups excluding carboxylic acids is 1. The fourth-order valence-electron chi connectivity index (χ4n) is 3.43. The van der Waals surface area contributed by atoms with Gasteiger partial charge >= 0.3 is 0 Å². The van der Waals surface area contributed by atoms with Gasteiger partial charge in [-0.2, -0.15) is 0 Å². The second-order valence-corrected chi connectivity index (χ2v) is 8.26. The quantitative estimate of drug-likeness (QED) is 0.258. The number of carbonyl (C=O) groups is 1. The second kappa shape index (κ2) is 10.3. The SMILES string of the molecule is C=CCn1c(SCC(=O)Nc2cccc3ccccc23)nnc1C(C)Oc1ccc(F)cc1. The number of nitrogens with zero attached hydrogens (tertiary/aromatic N) is 3. The number of amides is 1. The van der Waals surface area contributed by atoms with Crippen LogP contribution in [0, 0.1) is 5.82 Å². The van der Waals surface area contributed by atoms with Gasteiger partial charge in [0, 0.05) is 17.6 Å². The topological polar surface area (TPSA) is 69.0 Å². The molecular weight excluding hydrogens is 439 g/mol. The molecule has 168 valence electrons. The van der Waals surface area contributed by atoms with Gasteiger partial charge in [-0.05, 0) is 42.6 Å². The standard InChI is InChI=1S/C25H23FN4O2S/c1-3-15-30-24(17(2)32-20-13-11-19(26)12-14-20)28-29-25(30)33-16-23(31)27-22-10-6-8-18-7-4-5-9-21(18)22/h3-14,17H,1,15-16H2,2H3,(H,27,31). The summed E-state index contributed by atoms with van der Waals surface area (Å²) in [6, 6.07) is 19.5. The van der Waals surface area contributed by atoms with E-state index in [-0.39, 0.29) is 17.5 Å². The van der Waals surface area contributed by atoms with Gasteiger partial charge in [-0.25, -0.2) is 4.39 Å². The fourth-order valence-corrected chi connectivity index (χ4v) is 4.18. The molecule has 4 rings (SSSR count). The molecule has 0 bridgehead atoms. The minimum atomic E-state index is -0.429. The summed E-state index contributed by atoms with van der Waals surface area (Å²) >= 11 is 1.29. The van der Waals surface area contributed by atoms with Gasteiger partial charge in [-0.3, -0.25) is 9.36 Å². The molecular formula is C25H23FN4O2S. The molecule has 1 N–H and O–H groups in total. The largest absolute Gasteiger partial charge is 0.483 e. The Labute approximate surface area is 195 Å². The maximum atomic E-state index is 13.2. The lowest BCUT2D eigenvalue weighted by Gasteiger charge is -2.15. The molecule has 0 radical (unpaired) electrons. The van der Waals surface area contributed by atoms with Crippen molar-refractivity contribution in [3.8, 4) is 5.75 Å².